The van der Waals surface area contributed by atoms with Crippen LogP contribution in [-0.4, -0.2) is 23.8 Å². The quantitative estimate of drug-likeness (QED) is 0.911. The second kappa shape index (κ2) is 4.89. The van der Waals surface area contributed by atoms with Gasteiger partial charge in [-0.05, 0) is 19.3 Å². The Bertz CT molecular complexity index is 632. The number of ether oxygens (including phenoxy) is 2. The molecule has 2 aromatic rings. The molecule has 1 aliphatic rings. The van der Waals surface area contributed by atoms with Crippen LogP contribution in [0.5, 0.6) is 11.5 Å². The molecule has 1 fully saturated rings. The Morgan fingerprint density at radius 3 is 2.55 bits per heavy atom. The van der Waals surface area contributed by atoms with Gasteiger partial charge in [-0.2, -0.15) is 0 Å². The molecule has 1 heterocycles. The Morgan fingerprint density at radius 1 is 1.30 bits per heavy atom. The highest BCUT2D eigenvalue weighted by Crippen LogP contribution is 2.40. The highest BCUT2D eigenvalue weighted by molar-refractivity contribution is 5.82. The molecule has 1 aromatic heterocycles. The standard InChI is InChI=1S/C15H21N3O2/c1-9(6-10-4-5-10)18-12-8-14(20-3)13(19-2)7-11(12)17-15(18)16/h7-10H,4-6H2,1-3H3,(H2,16,17). The third kappa shape index (κ3) is 2.17. The van der Waals surface area contributed by atoms with E-state index in [1.807, 2.05) is 12.1 Å². The lowest BCUT2D eigenvalue weighted by Gasteiger charge is -2.16. The number of anilines is 1. The molecule has 0 amide bonds. The van der Waals surface area contributed by atoms with Gasteiger partial charge in [-0.25, -0.2) is 4.98 Å². The predicted octanol–water partition coefficient (Wildman–Crippen LogP) is 3.00. The van der Waals surface area contributed by atoms with Gasteiger partial charge >= 0.3 is 0 Å². The largest absolute Gasteiger partial charge is 0.493 e. The van der Waals surface area contributed by atoms with E-state index in [1.54, 1.807) is 14.2 Å². The average Bonchev–Trinajstić information content (AvgIpc) is 3.17. The van der Waals surface area contributed by atoms with Crippen LogP contribution >= 0.6 is 0 Å². The molecule has 5 heteroatoms. The van der Waals surface area contributed by atoms with E-state index < -0.39 is 0 Å². The molecule has 0 spiro atoms. The molecule has 2 N–H and O–H groups in total. The van der Waals surface area contributed by atoms with Gasteiger partial charge in [-0.3, -0.25) is 0 Å². The van der Waals surface area contributed by atoms with Crippen LogP contribution in [0.25, 0.3) is 11.0 Å². The zero-order valence-electron chi connectivity index (χ0n) is 12.2. The number of aromatic nitrogens is 2. The van der Waals surface area contributed by atoms with Crippen LogP contribution in [0.15, 0.2) is 12.1 Å². The normalized spacial score (nSPS) is 16.4. The van der Waals surface area contributed by atoms with Crippen LogP contribution in [-0.2, 0) is 0 Å². The molecule has 3 rings (SSSR count). The number of nitrogens with zero attached hydrogens (tertiary/aromatic N) is 2. The van der Waals surface area contributed by atoms with Gasteiger partial charge in [0.25, 0.3) is 0 Å². The summed E-state index contributed by atoms with van der Waals surface area (Å²) in [5.74, 6) is 2.80. The van der Waals surface area contributed by atoms with Gasteiger partial charge in [0.05, 0.1) is 25.3 Å². The van der Waals surface area contributed by atoms with Crippen LogP contribution in [0.4, 0.5) is 5.95 Å². The zero-order valence-corrected chi connectivity index (χ0v) is 12.2. The lowest BCUT2D eigenvalue weighted by Crippen LogP contribution is -2.09. The summed E-state index contributed by atoms with van der Waals surface area (Å²) in [6.07, 6.45) is 3.84. The number of rotatable bonds is 5. The van der Waals surface area contributed by atoms with Crippen molar-refractivity contribution in [3.05, 3.63) is 12.1 Å². The van der Waals surface area contributed by atoms with Gasteiger partial charge in [0, 0.05) is 18.2 Å². The zero-order chi connectivity index (χ0) is 14.3. The number of benzene rings is 1. The lowest BCUT2D eigenvalue weighted by molar-refractivity contribution is 0.355. The van der Waals surface area contributed by atoms with Crippen molar-refractivity contribution in [2.24, 2.45) is 5.92 Å². The van der Waals surface area contributed by atoms with Crippen molar-refractivity contribution in [3.8, 4) is 11.5 Å². The number of nitrogen functional groups attached to an aromatic ring is 1. The fourth-order valence-corrected chi connectivity index (χ4v) is 2.85. The number of imidazole rings is 1. The fraction of sp³-hybridized carbons (Fsp3) is 0.533. The maximum Gasteiger partial charge on any atom is 0.201 e. The molecular weight excluding hydrogens is 254 g/mol. The molecule has 1 aromatic carbocycles. The monoisotopic (exact) mass is 275 g/mol. The first-order chi connectivity index (χ1) is 9.63. The summed E-state index contributed by atoms with van der Waals surface area (Å²) in [7, 11) is 3.27. The number of fused-ring (bicyclic) bond motifs is 1. The van der Waals surface area contributed by atoms with Crippen molar-refractivity contribution >= 4 is 17.0 Å². The maximum absolute atomic E-state index is 6.10. The predicted molar refractivity (Wildman–Crippen MR) is 79.3 cm³/mol. The van der Waals surface area contributed by atoms with Gasteiger partial charge in [0.1, 0.15) is 0 Å². The topological polar surface area (TPSA) is 62.3 Å². The van der Waals surface area contributed by atoms with E-state index in [9.17, 15) is 0 Å². The van der Waals surface area contributed by atoms with E-state index in [2.05, 4.69) is 16.5 Å². The number of hydrogen-bond donors (Lipinski definition) is 1. The summed E-state index contributed by atoms with van der Waals surface area (Å²) in [6.45, 7) is 2.20. The van der Waals surface area contributed by atoms with Gasteiger partial charge < -0.3 is 19.8 Å². The summed E-state index contributed by atoms with van der Waals surface area (Å²) in [4.78, 5) is 4.45. The molecule has 1 unspecified atom stereocenters. The lowest BCUT2D eigenvalue weighted by atomic mass is 10.1. The Labute approximate surface area is 118 Å². The molecule has 0 bridgehead atoms. The van der Waals surface area contributed by atoms with Crippen molar-refractivity contribution in [1.82, 2.24) is 9.55 Å². The van der Waals surface area contributed by atoms with E-state index in [0.29, 0.717) is 23.5 Å². The van der Waals surface area contributed by atoms with Crippen LogP contribution in [0, 0.1) is 5.92 Å². The molecule has 0 aliphatic heterocycles. The van der Waals surface area contributed by atoms with E-state index in [-0.39, 0.29) is 0 Å². The second-order valence-corrected chi connectivity index (χ2v) is 5.56. The van der Waals surface area contributed by atoms with Crippen molar-refractivity contribution in [1.29, 1.82) is 0 Å². The van der Waals surface area contributed by atoms with E-state index >= 15 is 0 Å². The average molecular weight is 275 g/mol. The van der Waals surface area contributed by atoms with E-state index in [4.69, 9.17) is 15.2 Å². The summed E-state index contributed by atoms with van der Waals surface area (Å²) in [5, 5.41) is 0. The van der Waals surface area contributed by atoms with Crippen LogP contribution in [0.1, 0.15) is 32.2 Å². The Kier molecular flexibility index (Phi) is 3.20. The first-order valence-electron chi connectivity index (χ1n) is 7.03. The molecule has 1 saturated carbocycles. The van der Waals surface area contributed by atoms with Gasteiger partial charge in [-0.1, -0.05) is 12.8 Å². The van der Waals surface area contributed by atoms with Crippen molar-refractivity contribution in [2.75, 3.05) is 20.0 Å². The summed E-state index contributed by atoms with van der Waals surface area (Å²) >= 11 is 0. The van der Waals surface area contributed by atoms with E-state index in [1.165, 1.54) is 12.8 Å². The Hall–Kier alpha value is -1.91. The third-order valence-electron chi connectivity index (χ3n) is 4.03. The summed E-state index contributed by atoms with van der Waals surface area (Å²) in [6, 6.07) is 4.19. The first-order valence-corrected chi connectivity index (χ1v) is 7.03. The van der Waals surface area contributed by atoms with Crippen molar-refractivity contribution in [3.63, 3.8) is 0 Å². The number of hydrogen-bond acceptors (Lipinski definition) is 4. The van der Waals surface area contributed by atoms with Gasteiger partial charge in [0.15, 0.2) is 11.5 Å². The van der Waals surface area contributed by atoms with Crippen LogP contribution < -0.4 is 15.2 Å². The molecule has 0 saturated heterocycles. The molecular formula is C15H21N3O2. The summed E-state index contributed by atoms with van der Waals surface area (Å²) in [5.41, 5.74) is 7.96. The highest BCUT2D eigenvalue weighted by Gasteiger charge is 2.26. The minimum absolute atomic E-state index is 0.352. The first kappa shape index (κ1) is 13.1. The van der Waals surface area contributed by atoms with Crippen LogP contribution in [0.2, 0.25) is 0 Å². The number of methoxy groups -OCH3 is 2. The van der Waals surface area contributed by atoms with Gasteiger partial charge in [-0.15, -0.1) is 0 Å². The Morgan fingerprint density at radius 2 is 1.95 bits per heavy atom. The number of nitrogens with two attached hydrogens (primary N) is 1. The molecule has 20 heavy (non-hydrogen) atoms. The molecule has 0 radical (unpaired) electrons. The fourth-order valence-electron chi connectivity index (χ4n) is 2.85. The third-order valence-corrected chi connectivity index (χ3v) is 4.03. The van der Waals surface area contributed by atoms with Crippen molar-refractivity contribution < 1.29 is 9.47 Å². The molecule has 1 aliphatic carbocycles. The summed E-state index contributed by atoms with van der Waals surface area (Å²) < 4.78 is 12.8. The van der Waals surface area contributed by atoms with E-state index in [0.717, 1.165) is 23.4 Å². The molecule has 108 valence electrons. The van der Waals surface area contributed by atoms with Crippen molar-refractivity contribution in [2.45, 2.75) is 32.2 Å². The molecule has 1 atom stereocenters. The SMILES string of the molecule is COc1cc2nc(N)n(C(C)CC3CC3)c2cc1OC. The second-order valence-electron chi connectivity index (χ2n) is 5.56. The molecule has 5 nitrogen and oxygen atoms in total. The Balaban J connectivity index is 2.08. The maximum atomic E-state index is 6.10. The highest BCUT2D eigenvalue weighted by atomic mass is 16.5. The van der Waals surface area contributed by atoms with Gasteiger partial charge in [0.2, 0.25) is 5.95 Å². The smallest absolute Gasteiger partial charge is 0.201 e. The minimum Gasteiger partial charge on any atom is -0.493 e. The minimum atomic E-state index is 0.352. The van der Waals surface area contributed by atoms with Crippen LogP contribution in [0.3, 0.4) is 0 Å².